The van der Waals surface area contributed by atoms with Crippen LogP contribution in [-0.4, -0.2) is 40.7 Å². The zero-order valence-electron chi connectivity index (χ0n) is 9.54. The maximum absolute atomic E-state index is 11.4. The van der Waals surface area contributed by atoms with Gasteiger partial charge in [0.25, 0.3) is 0 Å². The van der Waals surface area contributed by atoms with Crippen LogP contribution < -0.4 is 5.32 Å². The average molecular weight is 256 g/mol. The van der Waals surface area contributed by atoms with Gasteiger partial charge in [0.1, 0.15) is 12.2 Å². The van der Waals surface area contributed by atoms with E-state index < -0.39 is 9.84 Å². The molecule has 17 heavy (non-hydrogen) atoms. The smallest absolute Gasteiger partial charge is 0.152 e. The van der Waals surface area contributed by atoms with E-state index in [0.29, 0.717) is 19.0 Å². The molecule has 1 aliphatic heterocycles. The molecule has 1 aliphatic carbocycles. The molecule has 3 rings (SSSR count). The first-order valence-electron chi connectivity index (χ1n) is 5.96. The zero-order valence-corrected chi connectivity index (χ0v) is 10.4. The molecule has 0 aromatic carbocycles. The fraction of sp³-hybridized carbons (Fsp3) is 0.800. The molecule has 7 heteroatoms. The predicted molar refractivity (Wildman–Crippen MR) is 62.2 cm³/mol. The second-order valence-electron chi connectivity index (χ2n) is 4.83. The van der Waals surface area contributed by atoms with Crippen molar-refractivity contribution in [1.82, 2.24) is 20.1 Å². The van der Waals surface area contributed by atoms with E-state index in [1.165, 1.54) is 19.2 Å². The predicted octanol–water partition coefficient (Wildman–Crippen LogP) is -0.110. The summed E-state index contributed by atoms with van der Waals surface area (Å²) in [5.74, 6) is 1.32. The van der Waals surface area contributed by atoms with E-state index in [0.717, 1.165) is 5.82 Å². The van der Waals surface area contributed by atoms with Crippen molar-refractivity contribution in [2.75, 3.05) is 11.5 Å². The zero-order chi connectivity index (χ0) is 11.9. The van der Waals surface area contributed by atoms with Crippen LogP contribution in [0.1, 0.15) is 31.1 Å². The van der Waals surface area contributed by atoms with Crippen LogP contribution in [0.3, 0.4) is 0 Å². The van der Waals surface area contributed by atoms with E-state index in [2.05, 4.69) is 15.4 Å². The molecule has 1 saturated heterocycles. The molecule has 2 aliphatic rings. The van der Waals surface area contributed by atoms with Gasteiger partial charge in [-0.05, 0) is 19.3 Å². The molecule has 6 nitrogen and oxygen atoms in total. The highest BCUT2D eigenvalue weighted by atomic mass is 32.2. The second-order valence-corrected chi connectivity index (χ2v) is 7.06. The fourth-order valence-corrected chi connectivity index (χ4v) is 3.89. The molecule has 1 aromatic heterocycles. The Hall–Kier alpha value is -0.950. The lowest BCUT2D eigenvalue weighted by molar-refractivity contribution is 0.465. The van der Waals surface area contributed by atoms with E-state index in [-0.39, 0.29) is 17.5 Å². The highest BCUT2D eigenvalue weighted by Crippen LogP contribution is 2.24. The molecule has 1 saturated carbocycles. The number of hydrogen-bond donors (Lipinski definition) is 1. The van der Waals surface area contributed by atoms with Crippen LogP contribution >= 0.6 is 0 Å². The lowest BCUT2D eigenvalue weighted by Gasteiger charge is -2.11. The summed E-state index contributed by atoms with van der Waals surface area (Å²) >= 11 is 0. The molecule has 0 spiro atoms. The van der Waals surface area contributed by atoms with Crippen molar-refractivity contribution in [3.8, 4) is 0 Å². The lowest BCUT2D eigenvalue weighted by atomic mass is 10.3. The first-order chi connectivity index (χ1) is 8.14. The molecule has 94 valence electrons. The van der Waals surface area contributed by atoms with Gasteiger partial charge in [-0.25, -0.2) is 18.1 Å². The Kier molecular flexibility index (Phi) is 2.67. The largest absolute Gasteiger partial charge is 0.307 e. The van der Waals surface area contributed by atoms with Gasteiger partial charge < -0.3 is 5.32 Å². The normalized spacial score (nSPS) is 27.4. The topological polar surface area (TPSA) is 76.9 Å². The number of aromatic nitrogens is 3. The van der Waals surface area contributed by atoms with E-state index >= 15 is 0 Å². The molecule has 1 unspecified atom stereocenters. The van der Waals surface area contributed by atoms with Crippen molar-refractivity contribution < 1.29 is 8.42 Å². The molecule has 0 amide bonds. The van der Waals surface area contributed by atoms with Gasteiger partial charge in [0.15, 0.2) is 9.84 Å². The monoisotopic (exact) mass is 256 g/mol. The molecule has 1 aromatic rings. The van der Waals surface area contributed by atoms with Crippen LogP contribution in [-0.2, 0) is 16.4 Å². The van der Waals surface area contributed by atoms with Gasteiger partial charge in [-0.1, -0.05) is 0 Å². The Morgan fingerprint density at radius 1 is 1.41 bits per heavy atom. The average Bonchev–Trinajstić information content (AvgIpc) is 2.87. The van der Waals surface area contributed by atoms with Crippen LogP contribution in [0.4, 0.5) is 0 Å². The first kappa shape index (κ1) is 11.2. The number of nitrogens with zero attached hydrogens (tertiary/aromatic N) is 3. The highest BCUT2D eigenvalue weighted by Gasteiger charge is 2.31. The maximum Gasteiger partial charge on any atom is 0.152 e. The number of nitrogens with one attached hydrogen (secondary N) is 1. The fourth-order valence-electron chi connectivity index (χ4n) is 2.20. The van der Waals surface area contributed by atoms with Gasteiger partial charge in [-0.2, -0.15) is 5.10 Å². The Balaban J connectivity index is 1.71. The summed E-state index contributed by atoms with van der Waals surface area (Å²) in [5, 5.41) is 7.53. The Bertz CT molecular complexity index is 506. The van der Waals surface area contributed by atoms with Gasteiger partial charge in [0.05, 0.1) is 24.1 Å². The summed E-state index contributed by atoms with van der Waals surface area (Å²) in [6.45, 7) is 0.682. The minimum atomic E-state index is -2.87. The molecular formula is C10H16N4O2S. The minimum absolute atomic E-state index is 0.0292. The summed E-state index contributed by atoms with van der Waals surface area (Å²) in [4.78, 5) is 4.20. The molecule has 0 bridgehead atoms. The van der Waals surface area contributed by atoms with Crippen LogP contribution in [0.15, 0.2) is 6.33 Å². The van der Waals surface area contributed by atoms with E-state index in [9.17, 15) is 8.42 Å². The van der Waals surface area contributed by atoms with Gasteiger partial charge in [0, 0.05) is 6.04 Å². The van der Waals surface area contributed by atoms with E-state index in [1.54, 1.807) is 4.68 Å². The third-order valence-corrected chi connectivity index (χ3v) is 5.08. The third kappa shape index (κ3) is 2.50. The Morgan fingerprint density at radius 3 is 2.88 bits per heavy atom. The van der Waals surface area contributed by atoms with Gasteiger partial charge in [-0.3, -0.25) is 0 Å². The van der Waals surface area contributed by atoms with Crippen molar-refractivity contribution in [2.24, 2.45) is 0 Å². The van der Waals surface area contributed by atoms with E-state index in [1.807, 2.05) is 0 Å². The van der Waals surface area contributed by atoms with Crippen LogP contribution in [0, 0.1) is 0 Å². The van der Waals surface area contributed by atoms with E-state index in [4.69, 9.17) is 0 Å². The molecule has 2 heterocycles. The summed E-state index contributed by atoms with van der Waals surface area (Å²) in [5.41, 5.74) is 0. The first-order valence-corrected chi connectivity index (χ1v) is 7.78. The van der Waals surface area contributed by atoms with Crippen molar-refractivity contribution in [2.45, 2.75) is 37.9 Å². The van der Waals surface area contributed by atoms with Gasteiger partial charge in [0.2, 0.25) is 0 Å². The van der Waals surface area contributed by atoms with Crippen LogP contribution in [0.5, 0.6) is 0 Å². The quantitative estimate of drug-likeness (QED) is 0.813. The number of sulfone groups is 1. The lowest BCUT2D eigenvalue weighted by Crippen LogP contribution is -2.22. The molecule has 2 fully saturated rings. The molecule has 1 atom stereocenters. The van der Waals surface area contributed by atoms with Crippen LogP contribution in [0.2, 0.25) is 0 Å². The highest BCUT2D eigenvalue weighted by molar-refractivity contribution is 7.91. The number of rotatable bonds is 4. The standard InChI is InChI=1S/C10H16N4O2S/c15-17(16)4-3-9(6-17)14-10(12-7-13-14)5-11-8-1-2-8/h7-9,11H,1-6H2. The SMILES string of the molecule is O=S1(=O)CCC(n2ncnc2CNC2CC2)C1. The Morgan fingerprint density at radius 2 is 2.24 bits per heavy atom. The minimum Gasteiger partial charge on any atom is -0.307 e. The molecule has 1 N–H and O–H groups in total. The molecular weight excluding hydrogens is 240 g/mol. The summed E-state index contributed by atoms with van der Waals surface area (Å²) in [7, 11) is -2.87. The Labute approximate surface area is 100 Å². The van der Waals surface area contributed by atoms with Gasteiger partial charge >= 0.3 is 0 Å². The molecule has 0 radical (unpaired) electrons. The van der Waals surface area contributed by atoms with Crippen molar-refractivity contribution in [3.63, 3.8) is 0 Å². The second kappa shape index (κ2) is 4.06. The summed E-state index contributed by atoms with van der Waals surface area (Å²) < 4.78 is 24.7. The summed E-state index contributed by atoms with van der Waals surface area (Å²) in [6.07, 6.45) is 4.62. The van der Waals surface area contributed by atoms with Gasteiger partial charge in [-0.15, -0.1) is 0 Å². The maximum atomic E-state index is 11.4. The number of hydrogen-bond acceptors (Lipinski definition) is 5. The van der Waals surface area contributed by atoms with Crippen LogP contribution in [0.25, 0.3) is 0 Å². The summed E-state index contributed by atoms with van der Waals surface area (Å²) in [6, 6.07) is 0.589. The third-order valence-electron chi connectivity index (χ3n) is 3.33. The van der Waals surface area contributed by atoms with Crippen molar-refractivity contribution >= 4 is 9.84 Å². The van der Waals surface area contributed by atoms with Crippen molar-refractivity contribution in [3.05, 3.63) is 12.2 Å². The van der Waals surface area contributed by atoms with Crippen molar-refractivity contribution in [1.29, 1.82) is 0 Å².